The summed E-state index contributed by atoms with van der Waals surface area (Å²) in [5, 5.41) is 3.06. The van der Waals surface area contributed by atoms with Crippen LogP contribution in [0.15, 0.2) is 11.6 Å². The van der Waals surface area contributed by atoms with Gasteiger partial charge in [0, 0.05) is 26.1 Å². The summed E-state index contributed by atoms with van der Waals surface area (Å²) in [5.74, 6) is 0.196. The van der Waals surface area contributed by atoms with E-state index in [0.29, 0.717) is 18.6 Å². The van der Waals surface area contributed by atoms with Crippen LogP contribution in [0.4, 0.5) is 0 Å². The molecule has 2 rings (SSSR count). The van der Waals surface area contributed by atoms with E-state index in [-0.39, 0.29) is 5.91 Å². The number of hydrogen-bond acceptors (Lipinski definition) is 3. The molecule has 1 heterocycles. The highest BCUT2D eigenvalue weighted by molar-refractivity contribution is 5.78. The first-order chi connectivity index (χ1) is 10.6. The van der Waals surface area contributed by atoms with E-state index in [2.05, 4.69) is 30.1 Å². The normalized spacial score (nSPS) is 26.5. The molecule has 2 atom stereocenters. The van der Waals surface area contributed by atoms with Gasteiger partial charge in [-0.05, 0) is 58.9 Å². The number of carbonyl (C=O) groups is 1. The SMILES string of the molecule is CC1CN(CCCCNC(=O)CC2=CCCCC2)CC(C)O1. The van der Waals surface area contributed by atoms with Gasteiger partial charge < -0.3 is 10.1 Å². The van der Waals surface area contributed by atoms with E-state index in [1.165, 1.54) is 18.4 Å². The van der Waals surface area contributed by atoms with Crippen LogP contribution in [0.25, 0.3) is 0 Å². The van der Waals surface area contributed by atoms with Gasteiger partial charge in [0.2, 0.25) is 5.91 Å². The van der Waals surface area contributed by atoms with Crippen LogP contribution in [0.5, 0.6) is 0 Å². The molecule has 0 aromatic carbocycles. The second-order valence-electron chi connectivity index (χ2n) is 6.86. The number of unbranched alkanes of at least 4 members (excludes halogenated alkanes) is 1. The molecule has 0 spiro atoms. The van der Waals surface area contributed by atoms with Gasteiger partial charge in [-0.25, -0.2) is 0 Å². The van der Waals surface area contributed by atoms with Gasteiger partial charge in [-0.15, -0.1) is 0 Å². The summed E-state index contributed by atoms with van der Waals surface area (Å²) in [5.41, 5.74) is 1.33. The van der Waals surface area contributed by atoms with E-state index in [0.717, 1.165) is 51.9 Å². The molecule has 4 heteroatoms. The third kappa shape index (κ3) is 6.49. The molecule has 2 unspecified atom stereocenters. The monoisotopic (exact) mass is 308 g/mol. The van der Waals surface area contributed by atoms with E-state index in [1.807, 2.05) is 0 Å². The Morgan fingerprint density at radius 2 is 2.05 bits per heavy atom. The Labute approximate surface area is 135 Å². The van der Waals surface area contributed by atoms with E-state index in [4.69, 9.17) is 4.74 Å². The molecule has 0 radical (unpaired) electrons. The molecule has 0 aromatic heterocycles. The third-order valence-corrected chi connectivity index (χ3v) is 4.49. The van der Waals surface area contributed by atoms with Crippen LogP contribution in [0.3, 0.4) is 0 Å². The van der Waals surface area contributed by atoms with Crippen LogP contribution in [-0.2, 0) is 9.53 Å². The Bertz CT molecular complexity index is 371. The smallest absolute Gasteiger partial charge is 0.224 e. The maximum atomic E-state index is 11.9. The molecule has 22 heavy (non-hydrogen) atoms. The van der Waals surface area contributed by atoms with E-state index in [1.54, 1.807) is 0 Å². The zero-order valence-corrected chi connectivity index (χ0v) is 14.3. The predicted octanol–water partition coefficient (Wildman–Crippen LogP) is 2.88. The van der Waals surface area contributed by atoms with E-state index in [9.17, 15) is 4.79 Å². The minimum absolute atomic E-state index is 0.196. The standard InChI is InChI=1S/C18H32N2O2/c1-15-13-20(14-16(2)22-15)11-7-6-10-19-18(21)12-17-8-4-3-5-9-17/h8,15-16H,3-7,9-14H2,1-2H3,(H,19,21). The maximum absolute atomic E-state index is 11.9. The highest BCUT2D eigenvalue weighted by Crippen LogP contribution is 2.19. The van der Waals surface area contributed by atoms with Crippen molar-refractivity contribution in [3.8, 4) is 0 Å². The molecule has 0 saturated carbocycles. The molecule has 2 aliphatic rings. The highest BCUT2D eigenvalue weighted by Gasteiger charge is 2.21. The molecule has 126 valence electrons. The number of morpholine rings is 1. The number of rotatable bonds is 7. The van der Waals surface area contributed by atoms with Gasteiger partial charge in [0.25, 0.3) is 0 Å². The summed E-state index contributed by atoms with van der Waals surface area (Å²) in [4.78, 5) is 14.4. The molecular formula is C18H32N2O2. The van der Waals surface area contributed by atoms with Crippen molar-refractivity contribution in [1.82, 2.24) is 10.2 Å². The van der Waals surface area contributed by atoms with Gasteiger partial charge in [0.1, 0.15) is 0 Å². The van der Waals surface area contributed by atoms with Crippen LogP contribution >= 0.6 is 0 Å². The van der Waals surface area contributed by atoms with Crippen molar-refractivity contribution in [3.05, 3.63) is 11.6 Å². The van der Waals surface area contributed by atoms with Crippen LogP contribution < -0.4 is 5.32 Å². The van der Waals surface area contributed by atoms with Crippen LogP contribution in [0.2, 0.25) is 0 Å². The van der Waals surface area contributed by atoms with E-state index >= 15 is 0 Å². The Morgan fingerprint density at radius 1 is 1.27 bits per heavy atom. The van der Waals surface area contributed by atoms with E-state index < -0.39 is 0 Å². The lowest BCUT2D eigenvalue weighted by Crippen LogP contribution is -2.45. The van der Waals surface area contributed by atoms with Crippen molar-refractivity contribution < 1.29 is 9.53 Å². The number of hydrogen-bond donors (Lipinski definition) is 1. The average molecular weight is 308 g/mol. The van der Waals surface area contributed by atoms with Crippen LogP contribution in [0, 0.1) is 0 Å². The fourth-order valence-corrected chi connectivity index (χ4v) is 3.49. The molecule has 1 aliphatic heterocycles. The minimum atomic E-state index is 0.196. The topological polar surface area (TPSA) is 41.6 Å². The number of nitrogens with one attached hydrogen (secondary N) is 1. The fourth-order valence-electron chi connectivity index (χ4n) is 3.49. The van der Waals surface area contributed by atoms with Crippen molar-refractivity contribution in [2.75, 3.05) is 26.2 Å². The summed E-state index contributed by atoms with van der Waals surface area (Å²) in [7, 11) is 0. The quantitative estimate of drug-likeness (QED) is 0.581. The second-order valence-corrected chi connectivity index (χ2v) is 6.86. The van der Waals surface area contributed by atoms with Crippen molar-refractivity contribution in [1.29, 1.82) is 0 Å². The first-order valence-corrected chi connectivity index (χ1v) is 8.96. The van der Waals surface area contributed by atoms with Gasteiger partial charge >= 0.3 is 0 Å². The Hall–Kier alpha value is -0.870. The summed E-state index contributed by atoms with van der Waals surface area (Å²) in [6, 6.07) is 0. The molecule has 0 aromatic rings. The summed E-state index contributed by atoms with van der Waals surface area (Å²) < 4.78 is 5.74. The number of carbonyl (C=O) groups excluding carboxylic acids is 1. The van der Waals surface area contributed by atoms with Gasteiger partial charge in [-0.1, -0.05) is 11.6 Å². The zero-order valence-electron chi connectivity index (χ0n) is 14.3. The number of allylic oxidation sites excluding steroid dienone is 1. The minimum Gasteiger partial charge on any atom is -0.373 e. The van der Waals surface area contributed by atoms with Crippen molar-refractivity contribution >= 4 is 5.91 Å². The molecule has 1 amide bonds. The van der Waals surface area contributed by atoms with Gasteiger partial charge in [-0.3, -0.25) is 9.69 Å². The third-order valence-electron chi connectivity index (χ3n) is 4.49. The lowest BCUT2D eigenvalue weighted by Gasteiger charge is -2.35. The van der Waals surface area contributed by atoms with Crippen LogP contribution in [0.1, 0.15) is 58.8 Å². The molecule has 1 saturated heterocycles. The van der Waals surface area contributed by atoms with Crippen LogP contribution in [-0.4, -0.2) is 49.2 Å². The Morgan fingerprint density at radius 3 is 2.73 bits per heavy atom. The molecule has 1 N–H and O–H groups in total. The molecule has 1 aliphatic carbocycles. The summed E-state index contributed by atoms with van der Waals surface area (Å²) in [6.45, 7) is 8.27. The number of nitrogens with zero attached hydrogens (tertiary/aromatic N) is 1. The van der Waals surface area contributed by atoms with Crippen molar-refractivity contribution in [2.24, 2.45) is 0 Å². The lowest BCUT2D eigenvalue weighted by molar-refractivity contribution is -0.120. The lowest BCUT2D eigenvalue weighted by atomic mass is 9.97. The molecule has 4 nitrogen and oxygen atoms in total. The average Bonchev–Trinajstić information content (AvgIpc) is 2.47. The first kappa shape index (κ1) is 17.5. The Balaban J connectivity index is 1.51. The molecule has 0 bridgehead atoms. The van der Waals surface area contributed by atoms with Gasteiger partial charge in [0.05, 0.1) is 12.2 Å². The van der Waals surface area contributed by atoms with Crippen molar-refractivity contribution in [2.45, 2.75) is 71.0 Å². The highest BCUT2D eigenvalue weighted by atomic mass is 16.5. The Kier molecular flexibility index (Phi) is 7.40. The predicted molar refractivity (Wildman–Crippen MR) is 89.9 cm³/mol. The van der Waals surface area contributed by atoms with Gasteiger partial charge in [0.15, 0.2) is 0 Å². The number of ether oxygens (including phenoxy) is 1. The summed E-state index contributed by atoms with van der Waals surface area (Å²) in [6.07, 6.45) is 10.5. The second kappa shape index (κ2) is 9.31. The van der Waals surface area contributed by atoms with Gasteiger partial charge in [-0.2, -0.15) is 0 Å². The number of amides is 1. The van der Waals surface area contributed by atoms with Crippen molar-refractivity contribution in [3.63, 3.8) is 0 Å². The fraction of sp³-hybridized carbons (Fsp3) is 0.833. The zero-order chi connectivity index (χ0) is 15.8. The molecular weight excluding hydrogens is 276 g/mol. The first-order valence-electron chi connectivity index (χ1n) is 8.96. The largest absolute Gasteiger partial charge is 0.373 e. The maximum Gasteiger partial charge on any atom is 0.224 e. The summed E-state index contributed by atoms with van der Waals surface area (Å²) >= 11 is 0. The molecule has 1 fully saturated rings.